The van der Waals surface area contributed by atoms with Crippen LogP contribution in [0.2, 0.25) is 0 Å². The summed E-state index contributed by atoms with van der Waals surface area (Å²) in [5.74, 6) is 3.88. The van der Waals surface area contributed by atoms with E-state index in [0.717, 1.165) is 48.5 Å². The summed E-state index contributed by atoms with van der Waals surface area (Å²) in [5, 5.41) is 10.3. The highest BCUT2D eigenvalue weighted by Crippen LogP contribution is 2.65. The van der Waals surface area contributed by atoms with Crippen molar-refractivity contribution in [1.82, 2.24) is 4.90 Å². The highest BCUT2D eigenvalue weighted by molar-refractivity contribution is 5.28. The van der Waals surface area contributed by atoms with E-state index < -0.39 is 0 Å². The summed E-state index contributed by atoms with van der Waals surface area (Å²) in [4.78, 5) is 2.69. The van der Waals surface area contributed by atoms with Gasteiger partial charge >= 0.3 is 0 Å². The van der Waals surface area contributed by atoms with Gasteiger partial charge in [0.1, 0.15) is 0 Å². The van der Waals surface area contributed by atoms with Gasteiger partial charge in [-0.25, -0.2) is 0 Å². The lowest BCUT2D eigenvalue weighted by Gasteiger charge is -2.58. The van der Waals surface area contributed by atoms with E-state index in [9.17, 15) is 5.11 Å². The van der Waals surface area contributed by atoms with Crippen molar-refractivity contribution in [1.29, 1.82) is 0 Å². The number of fused-ring (bicyclic) bond motifs is 5. The van der Waals surface area contributed by atoms with Gasteiger partial charge in [0, 0.05) is 6.04 Å². The molecule has 2 saturated carbocycles. The average Bonchev–Trinajstić information content (AvgIpc) is 2.93. The van der Waals surface area contributed by atoms with E-state index in [1.54, 1.807) is 5.57 Å². The van der Waals surface area contributed by atoms with Crippen LogP contribution in [0.15, 0.2) is 23.8 Å². The predicted molar refractivity (Wildman–Crippen MR) is 125 cm³/mol. The van der Waals surface area contributed by atoms with Gasteiger partial charge in [0.05, 0.1) is 6.10 Å². The number of likely N-dealkylation sites (tertiary alicyclic amines) is 1. The smallest absolute Gasteiger partial charge is 0.0577 e. The van der Waals surface area contributed by atoms with Gasteiger partial charge in [-0.15, -0.1) is 0 Å². The molecule has 9 atom stereocenters. The van der Waals surface area contributed by atoms with Crippen molar-refractivity contribution in [2.24, 2.45) is 40.4 Å². The van der Waals surface area contributed by atoms with Gasteiger partial charge in [0.25, 0.3) is 0 Å². The second kappa shape index (κ2) is 7.77. The number of rotatable bonds is 2. The van der Waals surface area contributed by atoms with E-state index in [4.69, 9.17) is 0 Å². The maximum absolute atomic E-state index is 10.3. The largest absolute Gasteiger partial charge is 0.393 e. The normalized spacial score (nSPS) is 50.1. The van der Waals surface area contributed by atoms with Crippen molar-refractivity contribution in [3.05, 3.63) is 23.8 Å². The van der Waals surface area contributed by atoms with Crippen LogP contribution in [0.1, 0.15) is 85.0 Å². The molecule has 0 aromatic rings. The summed E-state index contributed by atoms with van der Waals surface area (Å²) in [6.45, 7) is 9.05. The Balaban J connectivity index is 1.38. The van der Waals surface area contributed by atoms with Gasteiger partial charge in [-0.3, -0.25) is 0 Å². The van der Waals surface area contributed by atoms with E-state index in [1.165, 1.54) is 57.9 Å². The maximum atomic E-state index is 10.3. The molecule has 0 radical (unpaired) electrons. The molecular formula is C28H45NO. The average molecular weight is 412 g/mol. The minimum atomic E-state index is -0.0945. The number of nitrogens with zero attached hydrogens (tertiary/aromatic N) is 1. The fraction of sp³-hybridized carbons (Fsp3) is 0.857. The van der Waals surface area contributed by atoms with Gasteiger partial charge in [0.2, 0.25) is 0 Å². The molecule has 168 valence electrons. The van der Waals surface area contributed by atoms with Crippen molar-refractivity contribution >= 4 is 0 Å². The van der Waals surface area contributed by atoms with Crippen LogP contribution in [0.4, 0.5) is 0 Å². The molecule has 2 nitrogen and oxygen atoms in total. The molecule has 0 aromatic carbocycles. The van der Waals surface area contributed by atoms with Crippen molar-refractivity contribution < 1.29 is 5.11 Å². The first-order chi connectivity index (χ1) is 14.3. The Labute approximate surface area is 185 Å². The van der Waals surface area contributed by atoms with Crippen LogP contribution in [-0.2, 0) is 0 Å². The molecule has 0 unspecified atom stereocenters. The Morgan fingerprint density at radius 2 is 1.90 bits per heavy atom. The Morgan fingerprint density at radius 3 is 2.73 bits per heavy atom. The zero-order valence-electron chi connectivity index (χ0n) is 19.9. The Kier molecular flexibility index (Phi) is 5.50. The van der Waals surface area contributed by atoms with Gasteiger partial charge in [0.15, 0.2) is 0 Å². The predicted octanol–water partition coefficient (Wildman–Crippen LogP) is 6.21. The molecule has 0 aromatic heterocycles. The van der Waals surface area contributed by atoms with Crippen LogP contribution in [0, 0.1) is 40.4 Å². The number of aliphatic hydroxyl groups excluding tert-OH is 1. The van der Waals surface area contributed by atoms with E-state index in [0.29, 0.717) is 10.8 Å². The lowest BCUT2D eigenvalue weighted by Crippen LogP contribution is -2.52. The molecule has 1 N–H and O–H groups in total. The first-order valence-electron chi connectivity index (χ1n) is 13.1. The van der Waals surface area contributed by atoms with Crippen LogP contribution in [-0.4, -0.2) is 35.7 Å². The van der Waals surface area contributed by atoms with Crippen molar-refractivity contribution in [3.63, 3.8) is 0 Å². The third-order valence-corrected chi connectivity index (χ3v) is 10.9. The molecule has 1 aliphatic heterocycles. The molecule has 1 heterocycles. The summed E-state index contributed by atoms with van der Waals surface area (Å²) >= 11 is 0. The second-order valence-electron chi connectivity index (χ2n) is 12.3. The standard InChI is InChI=1S/C28H45NO/c1-19(26-8-6-5-7-17-29(26)4)23-11-12-24-22-10-9-20-18-21(30)13-15-27(20,2)25(22)14-16-28(23,24)3/h9,11-12,19,21-26,30H,5-8,10,13-18H2,1-4H3/t19-,21-,22-,23+,24+,25+,26-,27-,28+/m0/s1. The zero-order valence-corrected chi connectivity index (χ0v) is 19.9. The summed E-state index contributed by atoms with van der Waals surface area (Å²) in [6.07, 6.45) is 20.6. The quantitative estimate of drug-likeness (QED) is 0.546. The highest BCUT2D eigenvalue weighted by atomic mass is 16.3. The molecule has 2 heteroatoms. The van der Waals surface area contributed by atoms with E-state index in [1.807, 2.05) is 0 Å². The summed E-state index contributed by atoms with van der Waals surface area (Å²) in [6, 6.07) is 0.755. The van der Waals surface area contributed by atoms with Crippen LogP contribution in [0.25, 0.3) is 0 Å². The summed E-state index contributed by atoms with van der Waals surface area (Å²) in [5.41, 5.74) is 2.39. The molecule has 0 amide bonds. The number of aliphatic hydroxyl groups is 1. The summed E-state index contributed by atoms with van der Waals surface area (Å²) < 4.78 is 0. The van der Waals surface area contributed by atoms with Crippen molar-refractivity contribution in [2.75, 3.05) is 13.6 Å². The van der Waals surface area contributed by atoms with Crippen molar-refractivity contribution in [3.8, 4) is 0 Å². The molecule has 4 aliphatic carbocycles. The Morgan fingerprint density at radius 1 is 1.07 bits per heavy atom. The third-order valence-electron chi connectivity index (χ3n) is 10.9. The van der Waals surface area contributed by atoms with Crippen LogP contribution in [0.3, 0.4) is 0 Å². The topological polar surface area (TPSA) is 23.5 Å². The minimum absolute atomic E-state index is 0.0945. The van der Waals surface area contributed by atoms with E-state index in [-0.39, 0.29) is 6.10 Å². The Bertz CT molecular complexity index is 711. The lowest BCUT2D eigenvalue weighted by atomic mass is 9.46. The molecule has 0 bridgehead atoms. The SMILES string of the molecule is C[C@@H]([C@H]1C=C[C@@H]2[C@@H]3CC=C4C[C@@H](O)CC[C@]4(C)[C@@H]3CC[C@]12C)[C@@H]1CCCCCN1C. The van der Waals surface area contributed by atoms with Crippen LogP contribution in [0.5, 0.6) is 0 Å². The molecule has 3 fully saturated rings. The maximum Gasteiger partial charge on any atom is 0.0577 e. The van der Waals surface area contributed by atoms with Gasteiger partial charge in [-0.1, -0.05) is 57.4 Å². The molecule has 5 rings (SSSR count). The van der Waals surface area contributed by atoms with Gasteiger partial charge in [-0.2, -0.15) is 0 Å². The molecule has 30 heavy (non-hydrogen) atoms. The fourth-order valence-electron chi connectivity index (χ4n) is 9.09. The fourth-order valence-corrected chi connectivity index (χ4v) is 9.09. The minimum Gasteiger partial charge on any atom is -0.393 e. The van der Waals surface area contributed by atoms with E-state index in [2.05, 4.69) is 50.9 Å². The van der Waals surface area contributed by atoms with Crippen molar-refractivity contribution in [2.45, 2.75) is 97.1 Å². The number of hydrogen-bond donors (Lipinski definition) is 1. The second-order valence-corrected chi connectivity index (χ2v) is 12.3. The van der Waals surface area contributed by atoms with Gasteiger partial charge in [-0.05, 0) is 105 Å². The Hall–Kier alpha value is -0.600. The zero-order chi connectivity index (χ0) is 21.1. The molecule has 5 aliphatic rings. The molecule has 0 spiro atoms. The summed E-state index contributed by atoms with van der Waals surface area (Å²) in [7, 11) is 2.38. The highest BCUT2D eigenvalue weighted by Gasteiger charge is 2.58. The molecule has 1 saturated heterocycles. The van der Waals surface area contributed by atoms with Crippen LogP contribution < -0.4 is 0 Å². The number of hydrogen-bond acceptors (Lipinski definition) is 2. The first kappa shape index (κ1) is 21.3. The van der Waals surface area contributed by atoms with E-state index >= 15 is 0 Å². The van der Waals surface area contributed by atoms with Gasteiger partial charge < -0.3 is 10.0 Å². The van der Waals surface area contributed by atoms with Crippen LogP contribution >= 0.6 is 0 Å². The first-order valence-corrected chi connectivity index (χ1v) is 13.1. The lowest BCUT2D eigenvalue weighted by molar-refractivity contribution is -0.0538. The third kappa shape index (κ3) is 3.19. The number of allylic oxidation sites excluding steroid dienone is 3. The molecular weight excluding hydrogens is 366 g/mol. The monoisotopic (exact) mass is 411 g/mol.